The molecule has 3 aliphatic carbocycles. The highest BCUT2D eigenvalue weighted by atomic mass is 16.3. The first-order valence-electron chi connectivity index (χ1n) is 11.5. The molecule has 0 aromatic heterocycles. The lowest BCUT2D eigenvalue weighted by Gasteiger charge is -2.47. The summed E-state index contributed by atoms with van der Waals surface area (Å²) in [5, 5.41) is 43.9. The van der Waals surface area contributed by atoms with E-state index < -0.39 is 34.7 Å². The zero-order valence-corrected chi connectivity index (χ0v) is 19.5. The Hall–Kier alpha value is -3.10. The summed E-state index contributed by atoms with van der Waals surface area (Å²) in [5.41, 5.74) is 10.3. The normalized spacial score (nSPS) is 30.2. The number of amides is 1. The molecule has 5 atom stereocenters. The third kappa shape index (κ3) is 3.61. The standard InChI is InChI=1S/C26H32N2O6/c1-4-7-25(2,28)11-13-6-5-12-8-14-9-15-10-16(29)20(24(27)33)26(3,34)19(15)23(32)18(14)22(31)17(12)21(13)30/h4-6,14-15,19,29-31,34H,1,7-11,28H2,2-3H3,(H2,27,33). The zero-order chi connectivity index (χ0) is 25.2. The second-order valence-corrected chi connectivity index (χ2v) is 10.5. The third-order valence-corrected chi connectivity index (χ3v) is 7.63. The van der Waals surface area contributed by atoms with Gasteiger partial charge in [-0.05, 0) is 62.5 Å². The van der Waals surface area contributed by atoms with Gasteiger partial charge in [0.05, 0.1) is 17.1 Å². The molecule has 34 heavy (non-hydrogen) atoms. The number of Topliss-reactive ketones (excluding diaryl/α,β-unsaturated/α-hetero) is 1. The van der Waals surface area contributed by atoms with Crippen molar-refractivity contribution in [1.82, 2.24) is 0 Å². The van der Waals surface area contributed by atoms with Gasteiger partial charge in [-0.15, -0.1) is 6.58 Å². The molecule has 8 nitrogen and oxygen atoms in total. The van der Waals surface area contributed by atoms with Crippen LogP contribution in [0.3, 0.4) is 0 Å². The first-order valence-corrected chi connectivity index (χ1v) is 11.5. The summed E-state index contributed by atoms with van der Waals surface area (Å²) in [6, 6.07) is 3.62. The van der Waals surface area contributed by atoms with Gasteiger partial charge in [-0.2, -0.15) is 0 Å². The fourth-order valence-electron chi connectivity index (χ4n) is 6.29. The van der Waals surface area contributed by atoms with Crippen molar-refractivity contribution >= 4 is 17.4 Å². The van der Waals surface area contributed by atoms with Crippen LogP contribution in [-0.4, -0.2) is 43.3 Å². The Kier molecular flexibility index (Phi) is 5.65. The Balaban J connectivity index is 1.79. The zero-order valence-electron chi connectivity index (χ0n) is 19.5. The van der Waals surface area contributed by atoms with Crippen molar-refractivity contribution in [3.05, 3.63) is 58.4 Å². The van der Waals surface area contributed by atoms with Crippen molar-refractivity contribution in [2.24, 2.45) is 29.2 Å². The number of carbonyl (C=O) groups excluding carboxylic acids is 2. The molecule has 0 heterocycles. The first-order chi connectivity index (χ1) is 15.8. The summed E-state index contributed by atoms with van der Waals surface area (Å²) in [6.07, 6.45) is 3.45. The van der Waals surface area contributed by atoms with Crippen LogP contribution in [0.5, 0.6) is 5.75 Å². The number of aromatic hydroxyl groups is 1. The summed E-state index contributed by atoms with van der Waals surface area (Å²) in [6.45, 7) is 6.86. The van der Waals surface area contributed by atoms with Crippen LogP contribution in [-0.2, 0) is 22.4 Å². The second-order valence-electron chi connectivity index (χ2n) is 10.5. The monoisotopic (exact) mass is 468 g/mol. The van der Waals surface area contributed by atoms with Crippen LogP contribution in [0.1, 0.15) is 49.8 Å². The number of hydrogen-bond donors (Lipinski definition) is 6. The molecule has 4 rings (SSSR count). The van der Waals surface area contributed by atoms with E-state index in [9.17, 15) is 30.0 Å². The molecule has 182 valence electrons. The van der Waals surface area contributed by atoms with Gasteiger partial charge in [0.15, 0.2) is 5.78 Å². The predicted octanol–water partition coefficient (Wildman–Crippen LogP) is 2.33. The molecule has 0 saturated heterocycles. The Labute approximate surface area is 198 Å². The number of phenolic OH excluding ortho intramolecular Hbond substituents is 1. The maximum atomic E-state index is 13.7. The molecule has 1 saturated carbocycles. The van der Waals surface area contributed by atoms with E-state index in [2.05, 4.69) is 6.58 Å². The minimum Gasteiger partial charge on any atom is -0.512 e. The summed E-state index contributed by atoms with van der Waals surface area (Å²) < 4.78 is 0. The average Bonchev–Trinajstić information content (AvgIpc) is 2.68. The molecule has 1 fully saturated rings. The van der Waals surface area contributed by atoms with Crippen molar-refractivity contribution in [2.75, 3.05) is 0 Å². The van der Waals surface area contributed by atoms with Crippen LogP contribution < -0.4 is 11.5 Å². The number of aliphatic hydroxyl groups excluding tert-OH is 2. The highest BCUT2D eigenvalue weighted by Gasteiger charge is 2.56. The van der Waals surface area contributed by atoms with E-state index in [1.165, 1.54) is 6.92 Å². The number of fused-ring (bicyclic) bond motifs is 3. The highest BCUT2D eigenvalue weighted by molar-refractivity contribution is 6.08. The molecule has 0 radical (unpaired) electrons. The number of primary amides is 1. The molecular formula is C26H32N2O6. The van der Waals surface area contributed by atoms with Gasteiger partial charge in [0.2, 0.25) is 0 Å². The summed E-state index contributed by atoms with van der Waals surface area (Å²) in [4.78, 5) is 25.6. The predicted molar refractivity (Wildman–Crippen MR) is 127 cm³/mol. The maximum absolute atomic E-state index is 13.7. The van der Waals surface area contributed by atoms with Crippen molar-refractivity contribution in [3.63, 3.8) is 0 Å². The average molecular weight is 469 g/mol. The van der Waals surface area contributed by atoms with Gasteiger partial charge in [-0.3, -0.25) is 9.59 Å². The van der Waals surface area contributed by atoms with Crippen LogP contribution in [0.4, 0.5) is 0 Å². The van der Waals surface area contributed by atoms with E-state index >= 15 is 0 Å². The van der Waals surface area contributed by atoms with Crippen LogP contribution in [0.15, 0.2) is 41.7 Å². The minimum absolute atomic E-state index is 0.0464. The van der Waals surface area contributed by atoms with Crippen molar-refractivity contribution < 1.29 is 30.0 Å². The fraction of sp³-hybridized carbons (Fsp3) is 0.462. The molecule has 1 aromatic carbocycles. The first kappa shape index (κ1) is 24.0. The Morgan fingerprint density at radius 1 is 1.29 bits per heavy atom. The molecule has 0 aliphatic heterocycles. The maximum Gasteiger partial charge on any atom is 0.250 e. The Morgan fingerprint density at radius 2 is 1.97 bits per heavy atom. The van der Waals surface area contributed by atoms with Crippen LogP contribution in [0.25, 0.3) is 5.76 Å². The smallest absolute Gasteiger partial charge is 0.250 e. The largest absolute Gasteiger partial charge is 0.512 e. The fourth-order valence-corrected chi connectivity index (χ4v) is 6.29. The number of aliphatic hydroxyl groups is 3. The molecule has 8 N–H and O–H groups in total. The Bertz CT molecular complexity index is 1160. The number of allylic oxidation sites excluding steroid dienone is 2. The summed E-state index contributed by atoms with van der Waals surface area (Å²) in [7, 11) is 0. The number of carbonyl (C=O) groups is 2. The van der Waals surface area contributed by atoms with Gasteiger partial charge in [-0.25, -0.2) is 0 Å². The molecule has 1 aromatic rings. The lowest BCUT2D eigenvalue weighted by atomic mass is 9.57. The quantitative estimate of drug-likeness (QED) is 0.361. The van der Waals surface area contributed by atoms with Crippen molar-refractivity contribution in [1.29, 1.82) is 0 Å². The van der Waals surface area contributed by atoms with E-state index in [0.717, 1.165) is 0 Å². The van der Waals surface area contributed by atoms with Crippen LogP contribution >= 0.6 is 0 Å². The minimum atomic E-state index is -1.98. The molecule has 0 bridgehead atoms. The van der Waals surface area contributed by atoms with Gasteiger partial charge in [0.25, 0.3) is 5.91 Å². The SMILES string of the molecule is C=CCC(C)(N)Cc1ccc2c(c1O)C(O)=C1C(=O)C3C(CC(O)=C(C(N)=O)C3(C)O)CC1C2. The summed E-state index contributed by atoms with van der Waals surface area (Å²) >= 11 is 0. The molecule has 5 unspecified atom stereocenters. The highest BCUT2D eigenvalue weighted by Crippen LogP contribution is 2.53. The number of nitrogens with two attached hydrogens (primary N) is 2. The van der Waals surface area contributed by atoms with Gasteiger partial charge in [0.1, 0.15) is 22.9 Å². The van der Waals surface area contributed by atoms with Crippen molar-refractivity contribution in [3.8, 4) is 5.75 Å². The number of hydrogen-bond acceptors (Lipinski definition) is 7. The van der Waals surface area contributed by atoms with Gasteiger partial charge in [-0.1, -0.05) is 18.2 Å². The topological polar surface area (TPSA) is 167 Å². The van der Waals surface area contributed by atoms with Crippen LogP contribution in [0.2, 0.25) is 0 Å². The molecule has 8 heteroatoms. The number of benzene rings is 1. The lowest BCUT2D eigenvalue weighted by Crippen LogP contribution is -2.55. The van der Waals surface area contributed by atoms with Gasteiger partial charge < -0.3 is 31.9 Å². The lowest BCUT2D eigenvalue weighted by molar-refractivity contribution is -0.136. The van der Waals surface area contributed by atoms with E-state index in [4.69, 9.17) is 11.5 Å². The molecular weight excluding hydrogens is 436 g/mol. The third-order valence-electron chi connectivity index (χ3n) is 7.63. The Morgan fingerprint density at radius 3 is 2.59 bits per heavy atom. The van der Waals surface area contributed by atoms with E-state index in [-0.39, 0.29) is 46.3 Å². The number of rotatable bonds is 5. The summed E-state index contributed by atoms with van der Waals surface area (Å²) in [5.74, 6) is -4.04. The van der Waals surface area contributed by atoms with Crippen molar-refractivity contribution in [2.45, 2.75) is 57.1 Å². The second kappa shape index (κ2) is 7.99. The number of phenols is 1. The van der Waals surface area contributed by atoms with Gasteiger partial charge in [0, 0.05) is 17.5 Å². The number of ketones is 1. The van der Waals surface area contributed by atoms with E-state index in [1.807, 2.05) is 13.0 Å². The van der Waals surface area contributed by atoms with Crippen LogP contribution in [0, 0.1) is 17.8 Å². The molecule has 0 spiro atoms. The van der Waals surface area contributed by atoms with E-state index in [1.54, 1.807) is 12.1 Å². The van der Waals surface area contributed by atoms with Gasteiger partial charge >= 0.3 is 0 Å². The van der Waals surface area contributed by atoms with E-state index in [0.29, 0.717) is 36.8 Å². The molecule has 3 aliphatic rings. The molecule has 1 amide bonds.